The maximum Gasteiger partial charge on any atom is 0.240 e. The first kappa shape index (κ1) is 19.4. The van der Waals surface area contributed by atoms with Crippen molar-refractivity contribution in [1.29, 1.82) is 0 Å². The van der Waals surface area contributed by atoms with Crippen LogP contribution in [0.4, 0.5) is 0 Å². The summed E-state index contributed by atoms with van der Waals surface area (Å²) in [6, 6.07) is 23.5. The summed E-state index contributed by atoms with van der Waals surface area (Å²) in [7, 11) is 0. The van der Waals surface area contributed by atoms with Gasteiger partial charge in [-0.1, -0.05) is 90.5 Å². The molecule has 4 rings (SSSR count). The van der Waals surface area contributed by atoms with Crippen molar-refractivity contribution in [1.82, 2.24) is 4.90 Å². The zero-order valence-corrected chi connectivity index (χ0v) is 16.8. The maximum atomic E-state index is 12.8. The normalized spacial score (nSPS) is 14.2. The van der Waals surface area contributed by atoms with Crippen molar-refractivity contribution in [3.8, 4) is 0 Å². The van der Waals surface area contributed by atoms with Crippen molar-refractivity contribution in [2.75, 3.05) is 0 Å². The molecule has 1 aliphatic rings. The largest absolute Gasteiger partial charge is 0.333 e. The maximum absolute atomic E-state index is 12.8. The number of hydrogen-bond acceptors (Lipinski definition) is 2. The van der Waals surface area contributed by atoms with Crippen molar-refractivity contribution < 1.29 is 4.79 Å². The quantitative estimate of drug-likeness (QED) is 0.615. The minimum Gasteiger partial charge on any atom is -0.333 e. The molecule has 3 aromatic carbocycles. The highest BCUT2D eigenvalue weighted by atomic mass is 35.5. The second-order valence-electron chi connectivity index (χ2n) is 7.37. The van der Waals surface area contributed by atoms with Gasteiger partial charge in [-0.15, -0.1) is 0 Å². The molecule has 0 radical (unpaired) electrons. The zero-order chi connectivity index (χ0) is 20.2. The number of rotatable bonds is 5. The molecular formula is C25H23ClN2O. The fourth-order valence-electron chi connectivity index (χ4n) is 3.64. The van der Waals surface area contributed by atoms with Crippen molar-refractivity contribution >= 4 is 29.7 Å². The lowest BCUT2D eigenvalue weighted by Gasteiger charge is -2.20. The van der Waals surface area contributed by atoms with E-state index < -0.39 is 6.04 Å². The molecule has 0 spiro atoms. The summed E-state index contributed by atoms with van der Waals surface area (Å²) >= 11 is 6.48. The van der Waals surface area contributed by atoms with Crippen LogP contribution in [0.1, 0.15) is 27.8 Å². The summed E-state index contributed by atoms with van der Waals surface area (Å²) in [6.45, 7) is 1.25. The molecule has 0 aromatic heterocycles. The minimum absolute atomic E-state index is 0.0367. The Morgan fingerprint density at radius 3 is 2.21 bits per heavy atom. The molecule has 3 nitrogen and oxygen atoms in total. The molecule has 0 bridgehead atoms. The molecule has 0 saturated carbocycles. The number of fused-ring (bicyclic) bond motifs is 1. The number of nitrogens with two attached hydrogens (primary N) is 1. The summed E-state index contributed by atoms with van der Waals surface area (Å²) in [5, 5.41) is 0.633. The van der Waals surface area contributed by atoms with Crippen molar-refractivity contribution in [2.45, 2.75) is 25.6 Å². The second kappa shape index (κ2) is 8.64. The van der Waals surface area contributed by atoms with Crippen LogP contribution in [-0.4, -0.2) is 16.8 Å². The van der Waals surface area contributed by atoms with Crippen LogP contribution < -0.4 is 5.73 Å². The Kier molecular flexibility index (Phi) is 5.79. The lowest BCUT2D eigenvalue weighted by molar-refractivity contribution is -0.133. The van der Waals surface area contributed by atoms with Gasteiger partial charge in [0, 0.05) is 18.1 Å². The van der Waals surface area contributed by atoms with Crippen LogP contribution in [0.5, 0.6) is 0 Å². The number of halogens is 1. The SMILES string of the molecule is NC(Cc1ccc(/C=C/c2ccccc2)cc1Cl)C(=O)N1Cc2ccccc2C1. The van der Waals surface area contributed by atoms with E-state index in [0.29, 0.717) is 24.5 Å². The molecule has 0 fully saturated rings. The van der Waals surface area contributed by atoms with Crippen LogP contribution in [0, 0.1) is 0 Å². The smallest absolute Gasteiger partial charge is 0.240 e. The van der Waals surface area contributed by atoms with Crippen LogP contribution >= 0.6 is 11.6 Å². The van der Waals surface area contributed by atoms with Gasteiger partial charge in [-0.2, -0.15) is 0 Å². The predicted octanol–water partition coefficient (Wildman–Crippen LogP) is 4.92. The summed E-state index contributed by atoms with van der Waals surface area (Å²) < 4.78 is 0. The average molecular weight is 403 g/mol. The molecule has 1 unspecified atom stereocenters. The topological polar surface area (TPSA) is 46.3 Å². The third-order valence-electron chi connectivity index (χ3n) is 5.25. The molecule has 0 aliphatic carbocycles. The van der Waals surface area contributed by atoms with E-state index in [1.807, 2.05) is 77.7 Å². The van der Waals surface area contributed by atoms with E-state index in [1.165, 1.54) is 11.1 Å². The Morgan fingerprint density at radius 2 is 1.55 bits per heavy atom. The van der Waals surface area contributed by atoms with Gasteiger partial charge >= 0.3 is 0 Å². The van der Waals surface area contributed by atoms with Gasteiger partial charge in [0.2, 0.25) is 5.91 Å². The highest BCUT2D eigenvalue weighted by Crippen LogP contribution is 2.25. The number of carbonyl (C=O) groups is 1. The van der Waals surface area contributed by atoms with Gasteiger partial charge in [-0.05, 0) is 40.3 Å². The fraction of sp³-hybridized carbons (Fsp3) is 0.160. The molecule has 1 atom stereocenters. The zero-order valence-electron chi connectivity index (χ0n) is 16.1. The number of nitrogens with zero attached hydrogens (tertiary/aromatic N) is 1. The van der Waals surface area contributed by atoms with Gasteiger partial charge in [0.15, 0.2) is 0 Å². The molecule has 1 aliphatic heterocycles. The summed E-state index contributed by atoms with van der Waals surface area (Å²) in [6.07, 6.45) is 4.50. The Bertz CT molecular complexity index is 1020. The molecule has 4 heteroatoms. The van der Waals surface area contributed by atoms with Gasteiger partial charge in [-0.25, -0.2) is 0 Å². The standard InChI is InChI=1S/C25H23ClN2O/c26-23-14-19(11-10-18-6-2-1-3-7-18)12-13-20(23)15-24(27)25(29)28-16-21-8-4-5-9-22(21)17-28/h1-14,24H,15-17,27H2/b11-10+. The van der Waals surface area contributed by atoms with Crippen molar-refractivity contribution in [3.63, 3.8) is 0 Å². The van der Waals surface area contributed by atoms with E-state index >= 15 is 0 Å². The molecule has 0 saturated heterocycles. The first-order valence-electron chi connectivity index (χ1n) is 9.73. The Morgan fingerprint density at radius 1 is 0.931 bits per heavy atom. The first-order chi connectivity index (χ1) is 14.1. The van der Waals surface area contributed by atoms with Crippen LogP contribution in [-0.2, 0) is 24.3 Å². The molecule has 29 heavy (non-hydrogen) atoms. The van der Waals surface area contributed by atoms with E-state index in [2.05, 4.69) is 12.1 Å². The van der Waals surface area contributed by atoms with Gasteiger partial charge in [0.25, 0.3) is 0 Å². The molecule has 146 valence electrons. The monoisotopic (exact) mass is 402 g/mol. The van der Waals surface area contributed by atoms with Gasteiger partial charge in [-0.3, -0.25) is 4.79 Å². The highest BCUT2D eigenvalue weighted by Gasteiger charge is 2.27. The number of carbonyl (C=O) groups excluding carboxylic acids is 1. The Labute approximate surface area is 176 Å². The van der Waals surface area contributed by atoms with Crippen molar-refractivity contribution in [2.24, 2.45) is 5.73 Å². The fourth-order valence-corrected chi connectivity index (χ4v) is 3.90. The second-order valence-corrected chi connectivity index (χ2v) is 7.78. The van der Waals surface area contributed by atoms with Crippen LogP contribution in [0.25, 0.3) is 12.2 Å². The van der Waals surface area contributed by atoms with Crippen LogP contribution in [0.15, 0.2) is 72.8 Å². The molecule has 1 heterocycles. The molecule has 3 aromatic rings. The van der Waals surface area contributed by atoms with Gasteiger partial charge in [0.05, 0.1) is 6.04 Å². The summed E-state index contributed by atoms with van der Waals surface area (Å²) in [5.41, 5.74) is 11.7. The van der Waals surface area contributed by atoms with E-state index in [4.69, 9.17) is 17.3 Å². The molecule has 2 N–H and O–H groups in total. The highest BCUT2D eigenvalue weighted by molar-refractivity contribution is 6.31. The number of benzene rings is 3. The van der Waals surface area contributed by atoms with Crippen LogP contribution in [0.3, 0.4) is 0 Å². The van der Waals surface area contributed by atoms with Gasteiger partial charge in [0.1, 0.15) is 0 Å². The van der Waals surface area contributed by atoms with E-state index in [1.54, 1.807) is 0 Å². The Hall–Kier alpha value is -2.88. The van der Waals surface area contributed by atoms with Crippen molar-refractivity contribution in [3.05, 3.63) is 106 Å². The predicted molar refractivity (Wildman–Crippen MR) is 119 cm³/mol. The van der Waals surface area contributed by atoms with E-state index in [0.717, 1.165) is 16.7 Å². The van der Waals surface area contributed by atoms with E-state index in [9.17, 15) is 4.79 Å². The Balaban J connectivity index is 1.40. The molecular weight excluding hydrogens is 380 g/mol. The summed E-state index contributed by atoms with van der Waals surface area (Å²) in [5.74, 6) is -0.0367. The minimum atomic E-state index is -0.604. The first-order valence-corrected chi connectivity index (χ1v) is 10.1. The van der Waals surface area contributed by atoms with Crippen LogP contribution in [0.2, 0.25) is 5.02 Å². The summed E-state index contributed by atoms with van der Waals surface area (Å²) in [4.78, 5) is 14.6. The van der Waals surface area contributed by atoms with E-state index in [-0.39, 0.29) is 5.91 Å². The third-order valence-corrected chi connectivity index (χ3v) is 5.61. The number of amides is 1. The number of hydrogen-bond donors (Lipinski definition) is 1. The molecule has 1 amide bonds. The lowest BCUT2D eigenvalue weighted by atomic mass is 10.0. The lowest BCUT2D eigenvalue weighted by Crippen LogP contribution is -2.42. The van der Waals surface area contributed by atoms with Gasteiger partial charge < -0.3 is 10.6 Å². The third kappa shape index (κ3) is 4.58. The average Bonchev–Trinajstić information content (AvgIpc) is 3.18.